The minimum absolute atomic E-state index is 0.723. The van der Waals surface area contributed by atoms with Crippen LogP contribution >= 0.6 is 11.6 Å². The van der Waals surface area contributed by atoms with E-state index in [-0.39, 0.29) is 0 Å². The van der Waals surface area contributed by atoms with Gasteiger partial charge in [-0.2, -0.15) is 5.10 Å². The molecule has 0 saturated carbocycles. The molecule has 2 rings (SSSR count). The lowest BCUT2D eigenvalue weighted by Gasteiger charge is -2.07. The van der Waals surface area contributed by atoms with Crippen LogP contribution in [0.5, 0.6) is 0 Å². The molecule has 2 aromatic rings. The second-order valence-corrected chi connectivity index (χ2v) is 5.10. The summed E-state index contributed by atoms with van der Waals surface area (Å²) in [6, 6.07) is 7.79. The molecule has 0 spiro atoms. The van der Waals surface area contributed by atoms with Crippen LogP contribution < -0.4 is 5.32 Å². The van der Waals surface area contributed by atoms with E-state index in [1.807, 2.05) is 35.9 Å². The van der Waals surface area contributed by atoms with E-state index in [0.29, 0.717) is 0 Å². The molecular weight excluding hydrogens is 258 g/mol. The van der Waals surface area contributed by atoms with Crippen molar-refractivity contribution >= 4 is 11.6 Å². The van der Waals surface area contributed by atoms with E-state index in [0.717, 1.165) is 41.6 Å². The Morgan fingerprint density at radius 3 is 2.68 bits per heavy atom. The predicted molar refractivity (Wildman–Crippen MR) is 80.0 cm³/mol. The Morgan fingerprint density at radius 2 is 2.00 bits per heavy atom. The highest BCUT2D eigenvalue weighted by molar-refractivity contribution is 6.32. The summed E-state index contributed by atoms with van der Waals surface area (Å²) in [5.41, 5.74) is 4.40. The standard InChI is InChI=1S/C15H20ClN3/c1-4-9-17-10-13-11(2)18-19(12(13)3)15-8-6-5-7-14(15)16/h5-8,17H,4,9-10H2,1-3H3. The Labute approximate surface area is 119 Å². The van der Waals surface area contributed by atoms with Crippen molar-refractivity contribution in [2.75, 3.05) is 6.54 Å². The van der Waals surface area contributed by atoms with Crippen LogP contribution in [0.1, 0.15) is 30.3 Å². The Morgan fingerprint density at radius 1 is 1.26 bits per heavy atom. The second kappa shape index (κ2) is 6.22. The van der Waals surface area contributed by atoms with Crippen molar-refractivity contribution in [3.63, 3.8) is 0 Å². The second-order valence-electron chi connectivity index (χ2n) is 4.69. The maximum Gasteiger partial charge on any atom is 0.0835 e. The van der Waals surface area contributed by atoms with Crippen molar-refractivity contribution in [3.8, 4) is 5.69 Å². The molecule has 1 heterocycles. The lowest BCUT2D eigenvalue weighted by molar-refractivity contribution is 0.670. The molecule has 0 atom stereocenters. The summed E-state index contributed by atoms with van der Waals surface area (Å²) in [5.74, 6) is 0. The predicted octanol–water partition coefficient (Wildman–Crippen LogP) is 3.64. The molecule has 0 fully saturated rings. The lowest BCUT2D eigenvalue weighted by Crippen LogP contribution is -2.15. The van der Waals surface area contributed by atoms with Crippen LogP contribution in [0.4, 0.5) is 0 Å². The van der Waals surface area contributed by atoms with Gasteiger partial charge in [-0.1, -0.05) is 30.7 Å². The van der Waals surface area contributed by atoms with Crippen LogP contribution in [0.3, 0.4) is 0 Å². The number of aryl methyl sites for hydroxylation is 1. The van der Waals surface area contributed by atoms with Crippen LogP contribution in [0.2, 0.25) is 5.02 Å². The van der Waals surface area contributed by atoms with Crippen molar-refractivity contribution in [2.45, 2.75) is 33.7 Å². The molecular formula is C15H20ClN3. The summed E-state index contributed by atoms with van der Waals surface area (Å²) in [5, 5.41) is 8.76. The minimum Gasteiger partial charge on any atom is -0.313 e. The molecule has 0 aliphatic rings. The zero-order valence-corrected chi connectivity index (χ0v) is 12.5. The third kappa shape index (κ3) is 2.99. The molecule has 1 aromatic carbocycles. The highest BCUT2D eigenvalue weighted by Gasteiger charge is 2.13. The van der Waals surface area contributed by atoms with Gasteiger partial charge in [0.15, 0.2) is 0 Å². The largest absolute Gasteiger partial charge is 0.313 e. The van der Waals surface area contributed by atoms with Crippen molar-refractivity contribution < 1.29 is 0 Å². The third-order valence-electron chi connectivity index (χ3n) is 3.25. The first kappa shape index (κ1) is 14.1. The van der Waals surface area contributed by atoms with Crippen molar-refractivity contribution in [1.82, 2.24) is 15.1 Å². The van der Waals surface area contributed by atoms with Crippen LogP contribution in [0, 0.1) is 13.8 Å². The van der Waals surface area contributed by atoms with Crippen molar-refractivity contribution in [1.29, 1.82) is 0 Å². The van der Waals surface area contributed by atoms with Crippen LogP contribution in [-0.4, -0.2) is 16.3 Å². The first-order valence-electron chi connectivity index (χ1n) is 6.65. The minimum atomic E-state index is 0.723. The van der Waals surface area contributed by atoms with Gasteiger partial charge in [-0.15, -0.1) is 0 Å². The number of hydrogen-bond acceptors (Lipinski definition) is 2. The van der Waals surface area contributed by atoms with Gasteiger partial charge in [0.2, 0.25) is 0 Å². The molecule has 0 amide bonds. The van der Waals surface area contributed by atoms with E-state index in [4.69, 9.17) is 11.6 Å². The van der Waals surface area contributed by atoms with Gasteiger partial charge in [0.25, 0.3) is 0 Å². The zero-order valence-electron chi connectivity index (χ0n) is 11.7. The van der Waals surface area contributed by atoms with E-state index < -0.39 is 0 Å². The number of nitrogens with one attached hydrogen (secondary N) is 1. The highest BCUT2D eigenvalue weighted by Crippen LogP contribution is 2.23. The molecule has 3 nitrogen and oxygen atoms in total. The number of halogens is 1. The van der Waals surface area contributed by atoms with Gasteiger partial charge in [0.1, 0.15) is 0 Å². The average molecular weight is 278 g/mol. The van der Waals surface area contributed by atoms with E-state index in [2.05, 4.69) is 24.3 Å². The number of benzene rings is 1. The Bertz CT molecular complexity index is 561. The molecule has 0 unspecified atom stereocenters. The average Bonchev–Trinajstić information content (AvgIpc) is 2.67. The van der Waals surface area contributed by atoms with E-state index >= 15 is 0 Å². The summed E-state index contributed by atoms with van der Waals surface area (Å²) in [6.45, 7) is 8.18. The number of aromatic nitrogens is 2. The zero-order chi connectivity index (χ0) is 13.8. The SMILES string of the molecule is CCCNCc1c(C)nn(-c2ccccc2Cl)c1C. The lowest BCUT2D eigenvalue weighted by atomic mass is 10.2. The van der Waals surface area contributed by atoms with Gasteiger partial charge >= 0.3 is 0 Å². The summed E-state index contributed by atoms with van der Waals surface area (Å²) >= 11 is 6.24. The molecule has 0 aliphatic carbocycles. The van der Waals surface area contributed by atoms with Crippen LogP contribution in [0.15, 0.2) is 24.3 Å². The number of rotatable bonds is 5. The normalized spacial score (nSPS) is 10.9. The smallest absolute Gasteiger partial charge is 0.0835 e. The molecule has 1 aromatic heterocycles. The third-order valence-corrected chi connectivity index (χ3v) is 3.57. The van der Waals surface area contributed by atoms with Crippen molar-refractivity contribution in [2.24, 2.45) is 0 Å². The maximum atomic E-state index is 6.24. The number of para-hydroxylation sites is 1. The van der Waals surface area contributed by atoms with E-state index in [1.54, 1.807) is 0 Å². The number of nitrogens with zero attached hydrogens (tertiary/aromatic N) is 2. The molecule has 1 N–H and O–H groups in total. The summed E-state index contributed by atoms with van der Waals surface area (Å²) in [6.07, 6.45) is 1.14. The molecule has 0 radical (unpaired) electrons. The fourth-order valence-corrected chi connectivity index (χ4v) is 2.39. The summed E-state index contributed by atoms with van der Waals surface area (Å²) < 4.78 is 1.93. The van der Waals surface area contributed by atoms with E-state index in [9.17, 15) is 0 Å². The summed E-state index contributed by atoms with van der Waals surface area (Å²) in [7, 11) is 0. The highest BCUT2D eigenvalue weighted by atomic mass is 35.5. The fraction of sp³-hybridized carbons (Fsp3) is 0.400. The first-order valence-corrected chi connectivity index (χ1v) is 7.03. The molecule has 19 heavy (non-hydrogen) atoms. The quantitative estimate of drug-likeness (QED) is 0.846. The van der Waals surface area contributed by atoms with Crippen molar-refractivity contribution in [3.05, 3.63) is 46.2 Å². The monoisotopic (exact) mass is 277 g/mol. The van der Waals surface area contributed by atoms with Gasteiger partial charge in [-0.25, -0.2) is 4.68 Å². The fourth-order valence-electron chi connectivity index (χ4n) is 2.18. The van der Waals surface area contributed by atoms with Gasteiger partial charge in [-0.05, 0) is 38.9 Å². The molecule has 0 saturated heterocycles. The van der Waals surface area contributed by atoms with Gasteiger partial charge in [0.05, 0.1) is 16.4 Å². The topological polar surface area (TPSA) is 29.9 Å². The molecule has 102 valence electrons. The molecule has 4 heteroatoms. The first-order chi connectivity index (χ1) is 9.15. The van der Waals surface area contributed by atoms with Gasteiger partial charge < -0.3 is 5.32 Å². The molecule has 0 aliphatic heterocycles. The Kier molecular flexibility index (Phi) is 4.61. The Balaban J connectivity index is 2.33. The van der Waals surface area contributed by atoms with Crippen LogP contribution in [0.25, 0.3) is 5.69 Å². The van der Waals surface area contributed by atoms with Crippen LogP contribution in [-0.2, 0) is 6.54 Å². The number of hydrogen-bond donors (Lipinski definition) is 1. The summed E-state index contributed by atoms with van der Waals surface area (Å²) in [4.78, 5) is 0. The maximum absolute atomic E-state index is 6.24. The van der Waals surface area contributed by atoms with E-state index in [1.165, 1.54) is 5.56 Å². The van der Waals surface area contributed by atoms with Gasteiger partial charge in [0, 0.05) is 17.8 Å². The Hall–Kier alpha value is -1.32. The molecule has 0 bridgehead atoms. The van der Waals surface area contributed by atoms with Gasteiger partial charge in [-0.3, -0.25) is 0 Å².